The van der Waals surface area contributed by atoms with Crippen molar-refractivity contribution < 1.29 is 9.53 Å². The van der Waals surface area contributed by atoms with Crippen molar-refractivity contribution in [2.45, 2.75) is 13.8 Å². The quantitative estimate of drug-likeness (QED) is 0.613. The lowest BCUT2D eigenvalue weighted by atomic mass is 10.2. The number of hydrogen-bond acceptors (Lipinski definition) is 3. The summed E-state index contributed by atoms with van der Waals surface area (Å²) in [5, 5.41) is 0.612. The van der Waals surface area contributed by atoms with Gasteiger partial charge in [-0.1, -0.05) is 17.7 Å². The molecule has 0 unspecified atom stereocenters. The van der Waals surface area contributed by atoms with E-state index in [-0.39, 0.29) is 0 Å². The molecular formula is C14H12ClNO2. The molecule has 4 heteroatoms. The van der Waals surface area contributed by atoms with E-state index in [1.807, 2.05) is 19.9 Å². The first-order valence-electron chi connectivity index (χ1n) is 5.48. The van der Waals surface area contributed by atoms with E-state index >= 15 is 0 Å². The number of ether oxygens (including phenoxy) is 1. The average molecular weight is 262 g/mol. The van der Waals surface area contributed by atoms with Crippen molar-refractivity contribution in [1.29, 1.82) is 0 Å². The monoisotopic (exact) mass is 261 g/mol. The zero-order valence-corrected chi connectivity index (χ0v) is 10.9. The molecule has 0 bridgehead atoms. The number of nitrogens with zero attached hydrogens (tertiary/aromatic N) is 1. The summed E-state index contributed by atoms with van der Waals surface area (Å²) in [7, 11) is 0. The molecule has 0 saturated heterocycles. The number of hydrogen-bond donors (Lipinski definition) is 0. The third kappa shape index (κ3) is 2.87. The molecule has 0 radical (unpaired) electrons. The van der Waals surface area contributed by atoms with Crippen molar-refractivity contribution in [3.63, 3.8) is 0 Å². The second kappa shape index (κ2) is 5.19. The number of esters is 1. The molecule has 18 heavy (non-hydrogen) atoms. The van der Waals surface area contributed by atoms with Crippen molar-refractivity contribution >= 4 is 17.6 Å². The lowest BCUT2D eigenvalue weighted by molar-refractivity contribution is 0.0727. The summed E-state index contributed by atoms with van der Waals surface area (Å²) in [4.78, 5) is 16.0. The largest absolute Gasteiger partial charge is 0.422 e. The summed E-state index contributed by atoms with van der Waals surface area (Å²) in [6.07, 6.45) is 0. The second-order valence-corrected chi connectivity index (χ2v) is 4.40. The summed E-state index contributed by atoms with van der Waals surface area (Å²) in [5.41, 5.74) is 1.88. The van der Waals surface area contributed by atoms with Crippen LogP contribution >= 0.6 is 11.6 Å². The van der Waals surface area contributed by atoms with E-state index in [0.29, 0.717) is 16.5 Å². The molecule has 0 N–H and O–H groups in total. The summed E-state index contributed by atoms with van der Waals surface area (Å²) in [5.74, 6) is 0.0248. The lowest BCUT2D eigenvalue weighted by Crippen LogP contribution is -2.11. The van der Waals surface area contributed by atoms with Gasteiger partial charge in [-0.3, -0.25) is 0 Å². The fraction of sp³-hybridized carbons (Fsp3) is 0.143. The zero-order valence-electron chi connectivity index (χ0n) is 10.1. The standard InChI is InChI=1S/C14H12ClNO2/c1-9-8-11(15)6-7-13(9)18-14(17)12-5-3-4-10(2)16-12/h3-8H,1-2H3. The normalized spacial score (nSPS) is 10.2. The molecule has 0 aliphatic heterocycles. The average Bonchev–Trinajstić information content (AvgIpc) is 2.32. The minimum Gasteiger partial charge on any atom is -0.422 e. The highest BCUT2D eigenvalue weighted by atomic mass is 35.5. The molecule has 0 fully saturated rings. The highest BCUT2D eigenvalue weighted by Crippen LogP contribution is 2.22. The van der Waals surface area contributed by atoms with Gasteiger partial charge in [0.2, 0.25) is 0 Å². The number of carbonyl (C=O) groups is 1. The smallest absolute Gasteiger partial charge is 0.362 e. The van der Waals surface area contributed by atoms with Crippen LogP contribution in [0, 0.1) is 13.8 Å². The zero-order chi connectivity index (χ0) is 13.1. The Bertz CT molecular complexity index is 596. The number of aromatic nitrogens is 1. The maximum atomic E-state index is 11.9. The Morgan fingerprint density at radius 3 is 2.67 bits per heavy atom. The highest BCUT2D eigenvalue weighted by molar-refractivity contribution is 6.30. The van der Waals surface area contributed by atoms with Crippen LogP contribution in [0.5, 0.6) is 5.75 Å². The fourth-order valence-electron chi connectivity index (χ4n) is 1.54. The molecule has 1 heterocycles. The molecular weight excluding hydrogens is 250 g/mol. The topological polar surface area (TPSA) is 39.2 Å². The molecule has 0 spiro atoms. The van der Waals surface area contributed by atoms with Gasteiger partial charge < -0.3 is 4.74 Å². The van der Waals surface area contributed by atoms with E-state index in [0.717, 1.165) is 11.3 Å². The summed E-state index contributed by atoms with van der Waals surface area (Å²) >= 11 is 5.84. The van der Waals surface area contributed by atoms with E-state index < -0.39 is 5.97 Å². The van der Waals surface area contributed by atoms with Gasteiger partial charge in [-0.2, -0.15) is 0 Å². The SMILES string of the molecule is Cc1cccc(C(=O)Oc2ccc(Cl)cc2C)n1. The minimum absolute atomic E-state index is 0.296. The van der Waals surface area contributed by atoms with Gasteiger partial charge in [0, 0.05) is 10.7 Å². The second-order valence-electron chi connectivity index (χ2n) is 3.96. The van der Waals surface area contributed by atoms with Crippen LogP contribution in [-0.4, -0.2) is 11.0 Å². The highest BCUT2D eigenvalue weighted by Gasteiger charge is 2.11. The van der Waals surface area contributed by atoms with Crippen molar-refractivity contribution in [3.05, 3.63) is 58.4 Å². The van der Waals surface area contributed by atoms with Gasteiger partial charge in [0.05, 0.1) is 0 Å². The van der Waals surface area contributed by atoms with Crippen molar-refractivity contribution in [3.8, 4) is 5.75 Å². The van der Waals surface area contributed by atoms with Gasteiger partial charge >= 0.3 is 5.97 Å². The Balaban J connectivity index is 2.21. The predicted octanol–water partition coefficient (Wildman–Crippen LogP) is 3.57. The van der Waals surface area contributed by atoms with Crippen molar-refractivity contribution in [2.75, 3.05) is 0 Å². The third-order valence-corrected chi connectivity index (χ3v) is 2.67. The number of benzene rings is 1. The van der Waals surface area contributed by atoms with Gasteiger partial charge in [0.25, 0.3) is 0 Å². The van der Waals surface area contributed by atoms with Crippen LogP contribution in [0.4, 0.5) is 0 Å². The first kappa shape index (κ1) is 12.6. The van der Waals surface area contributed by atoms with Crippen molar-refractivity contribution in [2.24, 2.45) is 0 Å². The van der Waals surface area contributed by atoms with Crippen LogP contribution in [0.3, 0.4) is 0 Å². The third-order valence-electron chi connectivity index (χ3n) is 2.44. The number of pyridine rings is 1. The summed E-state index contributed by atoms with van der Waals surface area (Å²) in [6.45, 7) is 3.66. The summed E-state index contributed by atoms with van der Waals surface area (Å²) in [6, 6.07) is 10.3. The number of carbonyl (C=O) groups excluding carboxylic acids is 1. The Labute approximate surface area is 110 Å². The molecule has 0 atom stereocenters. The molecule has 0 saturated carbocycles. The van der Waals surface area contributed by atoms with E-state index in [1.54, 1.807) is 30.3 Å². The van der Waals surface area contributed by atoms with Crippen molar-refractivity contribution in [1.82, 2.24) is 4.98 Å². The molecule has 0 aliphatic carbocycles. The van der Waals surface area contributed by atoms with E-state index in [4.69, 9.17) is 16.3 Å². The minimum atomic E-state index is -0.468. The molecule has 0 aliphatic rings. The van der Waals surface area contributed by atoms with E-state index in [9.17, 15) is 4.79 Å². The Hall–Kier alpha value is -1.87. The molecule has 2 rings (SSSR count). The Morgan fingerprint density at radius 2 is 2.00 bits per heavy atom. The van der Waals surface area contributed by atoms with Gasteiger partial charge in [-0.15, -0.1) is 0 Å². The van der Waals surface area contributed by atoms with Crippen LogP contribution in [0.2, 0.25) is 5.02 Å². The van der Waals surface area contributed by atoms with Crippen LogP contribution in [0.1, 0.15) is 21.7 Å². The number of aryl methyl sites for hydroxylation is 2. The Kier molecular flexibility index (Phi) is 3.63. The van der Waals surface area contributed by atoms with Gasteiger partial charge in [0.15, 0.2) is 0 Å². The van der Waals surface area contributed by atoms with Crippen LogP contribution in [0.15, 0.2) is 36.4 Å². The van der Waals surface area contributed by atoms with E-state index in [1.165, 1.54) is 0 Å². The molecule has 1 aromatic carbocycles. The first-order valence-corrected chi connectivity index (χ1v) is 5.86. The van der Waals surface area contributed by atoms with Crippen LogP contribution in [0.25, 0.3) is 0 Å². The van der Waals surface area contributed by atoms with E-state index in [2.05, 4.69) is 4.98 Å². The van der Waals surface area contributed by atoms with Crippen LogP contribution < -0.4 is 4.74 Å². The fourth-order valence-corrected chi connectivity index (χ4v) is 1.76. The van der Waals surface area contributed by atoms with Gasteiger partial charge in [0.1, 0.15) is 11.4 Å². The molecule has 2 aromatic rings. The molecule has 92 valence electrons. The van der Waals surface area contributed by atoms with Gasteiger partial charge in [-0.25, -0.2) is 9.78 Å². The molecule has 3 nitrogen and oxygen atoms in total. The first-order chi connectivity index (χ1) is 8.56. The maximum Gasteiger partial charge on any atom is 0.362 e. The maximum absolute atomic E-state index is 11.9. The predicted molar refractivity (Wildman–Crippen MR) is 70.1 cm³/mol. The summed E-state index contributed by atoms with van der Waals surface area (Å²) < 4.78 is 5.28. The molecule has 1 aromatic heterocycles. The Morgan fingerprint density at radius 1 is 1.22 bits per heavy atom. The van der Waals surface area contributed by atoms with Gasteiger partial charge in [-0.05, 0) is 49.7 Å². The lowest BCUT2D eigenvalue weighted by Gasteiger charge is -2.07. The molecule has 0 amide bonds. The van der Waals surface area contributed by atoms with Crippen LogP contribution in [-0.2, 0) is 0 Å². The number of rotatable bonds is 2. The number of halogens is 1.